The van der Waals surface area contributed by atoms with Crippen LogP contribution in [0.1, 0.15) is 36.7 Å². The van der Waals surface area contributed by atoms with Gasteiger partial charge in [-0.05, 0) is 26.2 Å². The second-order valence-electron chi connectivity index (χ2n) is 5.87. The lowest BCUT2D eigenvalue weighted by atomic mass is 9.86. The topological polar surface area (TPSA) is 87.1 Å². The molecule has 0 saturated carbocycles. The summed E-state index contributed by atoms with van der Waals surface area (Å²) in [4.78, 5) is 24.2. The minimum atomic E-state index is -1.30. The Morgan fingerprint density at radius 2 is 1.95 bits per heavy atom. The van der Waals surface area contributed by atoms with Gasteiger partial charge in [0.15, 0.2) is 0 Å². The van der Waals surface area contributed by atoms with E-state index < -0.39 is 23.3 Å². The van der Waals surface area contributed by atoms with Gasteiger partial charge in [-0.15, -0.1) is 0 Å². The second-order valence-corrected chi connectivity index (χ2v) is 6.62. The molecule has 1 aromatic rings. The molecule has 6 nitrogen and oxygen atoms in total. The molecule has 1 saturated heterocycles. The predicted octanol–water partition coefficient (Wildman–Crippen LogP) is 1.88. The van der Waals surface area contributed by atoms with Gasteiger partial charge in [0.25, 0.3) is 0 Å². The van der Waals surface area contributed by atoms with Crippen molar-refractivity contribution in [1.82, 2.24) is 4.90 Å². The molecular formula is C13H17NO5S. The summed E-state index contributed by atoms with van der Waals surface area (Å²) in [6.45, 7) is 5.37. The van der Waals surface area contributed by atoms with E-state index >= 15 is 0 Å². The number of carbonyl (C=O) groups is 2. The minimum absolute atomic E-state index is 0.0406. The van der Waals surface area contributed by atoms with E-state index in [0.717, 1.165) is 0 Å². The van der Waals surface area contributed by atoms with E-state index in [-0.39, 0.29) is 18.7 Å². The number of rotatable bonds is 2. The van der Waals surface area contributed by atoms with Crippen molar-refractivity contribution in [2.45, 2.75) is 32.0 Å². The molecule has 0 radical (unpaired) electrons. The third-order valence-corrected chi connectivity index (χ3v) is 3.69. The standard InChI is InChI=1S/C13H17NO5S/c1-12(2,3)19-11(17)14-6-13(18,7-14)9-5-20-4-8(9)10(15)16/h4-5,18H,6-7H2,1-3H3,(H,15,16). The zero-order chi connectivity index (χ0) is 15.1. The first-order chi connectivity index (χ1) is 9.12. The molecule has 1 amide bonds. The van der Waals surface area contributed by atoms with E-state index in [2.05, 4.69) is 0 Å². The fraction of sp³-hybridized carbons (Fsp3) is 0.538. The van der Waals surface area contributed by atoms with Crippen molar-refractivity contribution in [3.05, 3.63) is 21.9 Å². The molecule has 20 heavy (non-hydrogen) atoms. The summed E-state index contributed by atoms with van der Waals surface area (Å²) in [5, 5.41) is 22.6. The zero-order valence-corrected chi connectivity index (χ0v) is 12.4. The molecule has 110 valence electrons. The highest BCUT2D eigenvalue weighted by Crippen LogP contribution is 2.36. The monoisotopic (exact) mass is 299 g/mol. The molecule has 2 N–H and O–H groups in total. The van der Waals surface area contributed by atoms with Crippen molar-refractivity contribution in [1.29, 1.82) is 0 Å². The predicted molar refractivity (Wildman–Crippen MR) is 73.0 cm³/mol. The third kappa shape index (κ3) is 2.78. The summed E-state index contributed by atoms with van der Waals surface area (Å²) in [6, 6.07) is 0. The number of thiophene rings is 1. The van der Waals surface area contributed by atoms with Gasteiger partial charge in [0.1, 0.15) is 11.2 Å². The van der Waals surface area contributed by atoms with Crippen LogP contribution in [0.2, 0.25) is 0 Å². The smallest absolute Gasteiger partial charge is 0.410 e. The fourth-order valence-corrected chi connectivity index (χ4v) is 2.95. The lowest BCUT2D eigenvalue weighted by molar-refractivity contribution is -0.103. The maximum Gasteiger partial charge on any atom is 0.410 e. The Labute approximate surface area is 120 Å². The average molecular weight is 299 g/mol. The number of ether oxygens (including phenoxy) is 1. The number of hydrogen-bond donors (Lipinski definition) is 2. The quantitative estimate of drug-likeness (QED) is 0.870. The molecule has 2 heterocycles. The Balaban J connectivity index is 2.06. The van der Waals surface area contributed by atoms with E-state index in [4.69, 9.17) is 9.84 Å². The third-order valence-electron chi connectivity index (χ3n) is 2.95. The van der Waals surface area contributed by atoms with Gasteiger partial charge in [-0.1, -0.05) is 0 Å². The van der Waals surface area contributed by atoms with Crippen LogP contribution in [0.25, 0.3) is 0 Å². The van der Waals surface area contributed by atoms with Crippen molar-refractivity contribution in [2.75, 3.05) is 13.1 Å². The van der Waals surface area contributed by atoms with Gasteiger partial charge in [0.2, 0.25) is 0 Å². The number of carboxylic acid groups (broad SMARTS) is 1. The van der Waals surface area contributed by atoms with Gasteiger partial charge >= 0.3 is 12.1 Å². The number of carbonyl (C=O) groups excluding carboxylic acids is 1. The van der Waals surface area contributed by atoms with E-state index in [1.165, 1.54) is 21.6 Å². The molecule has 0 aliphatic carbocycles. The van der Waals surface area contributed by atoms with E-state index in [9.17, 15) is 14.7 Å². The van der Waals surface area contributed by atoms with Gasteiger partial charge in [-0.25, -0.2) is 9.59 Å². The molecule has 0 atom stereocenters. The minimum Gasteiger partial charge on any atom is -0.478 e. The van der Waals surface area contributed by atoms with Crippen molar-refractivity contribution < 1.29 is 24.5 Å². The van der Waals surface area contributed by atoms with Crippen LogP contribution in [0, 0.1) is 0 Å². The lowest BCUT2D eigenvalue weighted by Gasteiger charge is -2.46. The average Bonchev–Trinajstić information content (AvgIpc) is 2.71. The molecule has 0 unspecified atom stereocenters. The fourth-order valence-electron chi connectivity index (χ4n) is 2.03. The number of likely N-dealkylation sites (tertiary alicyclic amines) is 1. The van der Waals surface area contributed by atoms with Gasteiger partial charge < -0.3 is 19.8 Å². The first-order valence-electron chi connectivity index (χ1n) is 6.13. The Hall–Kier alpha value is -1.60. The summed E-state index contributed by atoms with van der Waals surface area (Å²) >= 11 is 1.21. The Kier molecular flexibility index (Phi) is 3.51. The van der Waals surface area contributed by atoms with Crippen LogP contribution >= 0.6 is 11.3 Å². The lowest BCUT2D eigenvalue weighted by Crippen LogP contribution is -2.62. The molecule has 1 fully saturated rings. The number of aliphatic hydroxyl groups is 1. The van der Waals surface area contributed by atoms with Crippen molar-refractivity contribution in [3.8, 4) is 0 Å². The summed E-state index contributed by atoms with van der Waals surface area (Å²) in [7, 11) is 0. The first kappa shape index (κ1) is 14.8. The summed E-state index contributed by atoms with van der Waals surface area (Å²) in [6.07, 6.45) is -0.505. The van der Waals surface area contributed by atoms with E-state index in [1.807, 2.05) is 0 Å². The van der Waals surface area contributed by atoms with Gasteiger partial charge in [0, 0.05) is 10.9 Å². The number of hydrogen-bond acceptors (Lipinski definition) is 5. The van der Waals surface area contributed by atoms with Crippen molar-refractivity contribution in [2.24, 2.45) is 0 Å². The maximum absolute atomic E-state index is 11.8. The normalized spacial score (nSPS) is 17.5. The summed E-state index contributed by atoms with van der Waals surface area (Å²) < 4.78 is 5.19. The van der Waals surface area contributed by atoms with Gasteiger partial charge in [0.05, 0.1) is 18.7 Å². The Morgan fingerprint density at radius 3 is 2.45 bits per heavy atom. The van der Waals surface area contributed by atoms with Crippen LogP contribution < -0.4 is 0 Å². The van der Waals surface area contributed by atoms with Crippen molar-refractivity contribution >= 4 is 23.4 Å². The van der Waals surface area contributed by atoms with Gasteiger partial charge in [-0.3, -0.25) is 0 Å². The highest BCUT2D eigenvalue weighted by Gasteiger charge is 2.48. The Bertz CT molecular complexity index is 539. The number of nitrogens with zero attached hydrogens (tertiary/aromatic N) is 1. The van der Waals surface area contributed by atoms with Crippen LogP contribution in [0.3, 0.4) is 0 Å². The number of carboxylic acids is 1. The number of aromatic carboxylic acids is 1. The van der Waals surface area contributed by atoms with Crippen LogP contribution in [0.4, 0.5) is 4.79 Å². The second kappa shape index (κ2) is 4.75. The molecular weight excluding hydrogens is 282 g/mol. The highest BCUT2D eigenvalue weighted by atomic mass is 32.1. The Morgan fingerprint density at radius 1 is 1.35 bits per heavy atom. The number of β-amino-alcohol motifs (C(OH)–C–C–N with tert-alkyl or cyclic N) is 1. The van der Waals surface area contributed by atoms with E-state index in [0.29, 0.717) is 5.56 Å². The highest BCUT2D eigenvalue weighted by molar-refractivity contribution is 7.08. The molecule has 0 spiro atoms. The van der Waals surface area contributed by atoms with Crippen LogP contribution in [-0.2, 0) is 10.3 Å². The first-order valence-corrected chi connectivity index (χ1v) is 7.07. The largest absolute Gasteiger partial charge is 0.478 e. The molecule has 1 aromatic heterocycles. The molecule has 2 rings (SSSR count). The summed E-state index contributed by atoms with van der Waals surface area (Å²) in [5.74, 6) is -1.08. The number of amides is 1. The molecule has 0 aromatic carbocycles. The molecule has 7 heteroatoms. The SMILES string of the molecule is CC(C)(C)OC(=O)N1CC(O)(c2cscc2C(=O)O)C1. The van der Waals surface area contributed by atoms with Crippen LogP contribution in [0.5, 0.6) is 0 Å². The molecule has 1 aliphatic heterocycles. The summed E-state index contributed by atoms with van der Waals surface area (Å²) in [5.41, 5.74) is -1.46. The van der Waals surface area contributed by atoms with Gasteiger partial charge in [-0.2, -0.15) is 11.3 Å². The molecule has 1 aliphatic rings. The molecule has 0 bridgehead atoms. The zero-order valence-electron chi connectivity index (χ0n) is 11.5. The maximum atomic E-state index is 11.8. The van der Waals surface area contributed by atoms with E-state index in [1.54, 1.807) is 26.2 Å². The van der Waals surface area contributed by atoms with Crippen LogP contribution in [0.15, 0.2) is 10.8 Å². The van der Waals surface area contributed by atoms with Crippen molar-refractivity contribution in [3.63, 3.8) is 0 Å². The van der Waals surface area contributed by atoms with Crippen LogP contribution in [-0.4, -0.2) is 45.9 Å².